The van der Waals surface area contributed by atoms with Crippen molar-refractivity contribution in [1.29, 1.82) is 0 Å². The third-order valence-electron chi connectivity index (χ3n) is 3.71. The molecule has 1 N–H and O–H groups in total. The van der Waals surface area contributed by atoms with Crippen LogP contribution in [0.25, 0.3) is 0 Å². The van der Waals surface area contributed by atoms with Gasteiger partial charge < -0.3 is 15.0 Å². The SMILES string of the molecule is CCCCN(C)c1ccnc(NCCc2cccc(OC)c2)n1. The van der Waals surface area contributed by atoms with E-state index in [1.807, 2.05) is 18.2 Å². The molecule has 5 heteroatoms. The van der Waals surface area contributed by atoms with Crippen LogP contribution in [0.15, 0.2) is 36.5 Å². The molecule has 0 amide bonds. The number of ether oxygens (including phenoxy) is 1. The summed E-state index contributed by atoms with van der Waals surface area (Å²) in [5, 5.41) is 3.29. The molecule has 0 atom stereocenters. The Bertz CT molecular complexity index is 603. The first-order valence-electron chi connectivity index (χ1n) is 8.14. The average Bonchev–Trinajstić information content (AvgIpc) is 2.60. The molecule has 0 fully saturated rings. The second-order valence-electron chi connectivity index (χ2n) is 5.54. The standard InChI is InChI=1S/C18H26N4O/c1-4-5-13-22(2)17-10-12-20-18(21-17)19-11-9-15-7-6-8-16(14-15)23-3/h6-8,10,12,14H,4-5,9,11,13H2,1-3H3,(H,19,20,21). The Morgan fingerprint density at radius 1 is 1.26 bits per heavy atom. The van der Waals surface area contributed by atoms with Gasteiger partial charge in [0.05, 0.1) is 7.11 Å². The van der Waals surface area contributed by atoms with E-state index in [0.717, 1.165) is 31.1 Å². The monoisotopic (exact) mass is 314 g/mol. The van der Waals surface area contributed by atoms with Gasteiger partial charge in [-0.1, -0.05) is 25.5 Å². The smallest absolute Gasteiger partial charge is 0.224 e. The van der Waals surface area contributed by atoms with E-state index in [1.54, 1.807) is 13.3 Å². The van der Waals surface area contributed by atoms with Gasteiger partial charge in [0.2, 0.25) is 5.95 Å². The van der Waals surface area contributed by atoms with Gasteiger partial charge in [-0.05, 0) is 36.6 Å². The zero-order valence-electron chi connectivity index (χ0n) is 14.2. The fourth-order valence-corrected chi connectivity index (χ4v) is 2.30. The number of hydrogen-bond donors (Lipinski definition) is 1. The molecular formula is C18H26N4O. The van der Waals surface area contributed by atoms with E-state index >= 15 is 0 Å². The number of nitrogens with one attached hydrogen (secondary N) is 1. The summed E-state index contributed by atoms with van der Waals surface area (Å²) < 4.78 is 5.24. The van der Waals surface area contributed by atoms with Gasteiger partial charge in [0, 0.05) is 26.3 Å². The molecule has 0 saturated carbocycles. The first-order chi connectivity index (χ1) is 11.2. The molecule has 1 heterocycles. The highest BCUT2D eigenvalue weighted by molar-refractivity contribution is 5.41. The molecule has 0 aliphatic heterocycles. The van der Waals surface area contributed by atoms with Crippen LogP contribution in [0.5, 0.6) is 5.75 Å². The normalized spacial score (nSPS) is 10.4. The topological polar surface area (TPSA) is 50.3 Å². The minimum atomic E-state index is 0.675. The second-order valence-corrected chi connectivity index (χ2v) is 5.54. The molecule has 0 unspecified atom stereocenters. The van der Waals surface area contributed by atoms with Crippen molar-refractivity contribution >= 4 is 11.8 Å². The van der Waals surface area contributed by atoms with Crippen LogP contribution in [0.3, 0.4) is 0 Å². The van der Waals surface area contributed by atoms with Gasteiger partial charge in [-0.25, -0.2) is 4.98 Å². The molecule has 23 heavy (non-hydrogen) atoms. The number of hydrogen-bond acceptors (Lipinski definition) is 5. The number of benzene rings is 1. The highest BCUT2D eigenvalue weighted by atomic mass is 16.5. The van der Waals surface area contributed by atoms with Crippen molar-refractivity contribution in [2.24, 2.45) is 0 Å². The van der Waals surface area contributed by atoms with Crippen LogP contribution in [0.4, 0.5) is 11.8 Å². The number of nitrogens with zero attached hydrogens (tertiary/aromatic N) is 3. The molecule has 5 nitrogen and oxygen atoms in total. The summed E-state index contributed by atoms with van der Waals surface area (Å²) in [6.07, 6.45) is 5.05. The maximum absolute atomic E-state index is 5.24. The van der Waals surface area contributed by atoms with Crippen molar-refractivity contribution in [2.75, 3.05) is 37.5 Å². The predicted octanol–water partition coefficient (Wildman–Crippen LogP) is 3.38. The third-order valence-corrected chi connectivity index (χ3v) is 3.71. The molecule has 0 bridgehead atoms. The summed E-state index contributed by atoms with van der Waals surface area (Å²) in [6, 6.07) is 10.1. The molecule has 0 aliphatic rings. The van der Waals surface area contributed by atoms with E-state index in [4.69, 9.17) is 4.74 Å². The highest BCUT2D eigenvalue weighted by Crippen LogP contribution is 2.14. The fourth-order valence-electron chi connectivity index (χ4n) is 2.30. The van der Waals surface area contributed by atoms with E-state index in [-0.39, 0.29) is 0 Å². The van der Waals surface area contributed by atoms with Gasteiger partial charge in [-0.2, -0.15) is 4.98 Å². The Morgan fingerprint density at radius 3 is 2.91 bits per heavy atom. The van der Waals surface area contributed by atoms with Crippen molar-refractivity contribution < 1.29 is 4.74 Å². The maximum atomic E-state index is 5.24. The van der Waals surface area contributed by atoms with Crippen LogP contribution in [0, 0.1) is 0 Å². The maximum Gasteiger partial charge on any atom is 0.224 e. The molecule has 0 saturated heterocycles. The Morgan fingerprint density at radius 2 is 2.13 bits per heavy atom. The highest BCUT2D eigenvalue weighted by Gasteiger charge is 2.04. The van der Waals surface area contributed by atoms with Gasteiger partial charge in [0.15, 0.2) is 0 Å². The van der Waals surface area contributed by atoms with Gasteiger partial charge in [-0.3, -0.25) is 0 Å². The zero-order chi connectivity index (χ0) is 16.5. The number of rotatable bonds is 9. The molecule has 2 rings (SSSR count). The quantitative estimate of drug-likeness (QED) is 0.769. The Hall–Kier alpha value is -2.30. The van der Waals surface area contributed by atoms with Crippen LogP contribution in [-0.2, 0) is 6.42 Å². The largest absolute Gasteiger partial charge is 0.497 e. The van der Waals surface area contributed by atoms with Crippen LogP contribution >= 0.6 is 0 Å². The summed E-state index contributed by atoms with van der Waals surface area (Å²) in [5.74, 6) is 2.52. The fraction of sp³-hybridized carbons (Fsp3) is 0.444. The lowest BCUT2D eigenvalue weighted by atomic mass is 10.1. The van der Waals surface area contributed by atoms with Crippen molar-refractivity contribution in [3.8, 4) is 5.75 Å². The van der Waals surface area contributed by atoms with Crippen LogP contribution < -0.4 is 15.0 Å². The summed E-state index contributed by atoms with van der Waals surface area (Å²) in [4.78, 5) is 11.0. The van der Waals surface area contributed by atoms with Crippen molar-refractivity contribution in [2.45, 2.75) is 26.2 Å². The van der Waals surface area contributed by atoms with Crippen molar-refractivity contribution in [1.82, 2.24) is 9.97 Å². The Labute approximate surface area is 138 Å². The molecule has 124 valence electrons. The predicted molar refractivity (Wildman–Crippen MR) is 95.4 cm³/mol. The lowest BCUT2D eigenvalue weighted by Gasteiger charge is -2.18. The number of anilines is 2. The Balaban J connectivity index is 1.88. The number of unbranched alkanes of at least 4 members (excludes halogenated alkanes) is 1. The van der Waals surface area contributed by atoms with Crippen LogP contribution in [0.2, 0.25) is 0 Å². The van der Waals surface area contributed by atoms with Gasteiger partial charge in [0.25, 0.3) is 0 Å². The number of methoxy groups -OCH3 is 1. The van der Waals surface area contributed by atoms with Crippen molar-refractivity contribution in [3.05, 3.63) is 42.1 Å². The molecule has 0 radical (unpaired) electrons. The van der Waals surface area contributed by atoms with E-state index < -0.39 is 0 Å². The van der Waals surface area contributed by atoms with Gasteiger partial charge >= 0.3 is 0 Å². The van der Waals surface area contributed by atoms with E-state index in [0.29, 0.717) is 5.95 Å². The second kappa shape index (κ2) is 8.98. The zero-order valence-corrected chi connectivity index (χ0v) is 14.2. The molecule has 2 aromatic rings. The van der Waals surface area contributed by atoms with Gasteiger partial charge in [0.1, 0.15) is 11.6 Å². The summed E-state index contributed by atoms with van der Waals surface area (Å²) in [7, 11) is 3.75. The van der Waals surface area contributed by atoms with Crippen LogP contribution in [-0.4, -0.2) is 37.2 Å². The average molecular weight is 314 g/mol. The molecular weight excluding hydrogens is 288 g/mol. The van der Waals surface area contributed by atoms with E-state index in [2.05, 4.69) is 46.3 Å². The summed E-state index contributed by atoms with van der Waals surface area (Å²) in [5.41, 5.74) is 1.23. The molecule has 1 aromatic carbocycles. The first kappa shape index (κ1) is 17.1. The number of aromatic nitrogens is 2. The summed E-state index contributed by atoms with van der Waals surface area (Å²) in [6.45, 7) is 3.99. The van der Waals surface area contributed by atoms with Crippen LogP contribution in [0.1, 0.15) is 25.3 Å². The Kier molecular flexibility index (Phi) is 6.66. The lowest BCUT2D eigenvalue weighted by molar-refractivity contribution is 0.414. The third kappa shape index (κ3) is 5.43. The minimum Gasteiger partial charge on any atom is -0.497 e. The summed E-state index contributed by atoms with van der Waals surface area (Å²) >= 11 is 0. The van der Waals surface area contributed by atoms with E-state index in [1.165, 1.54) is 18.4 Å². The molecule has 1 aromatic heterocycles. The lowest BCUT2D eigenvalue weighted by Crippen LogP contribution is -2.20. The molecule has 0 spiro atoms. The van der Waals surface area contributed by atoms with Gasteiger partial charge in [-0.15, -0.1) is 0 Å². The van der Waals surface area contributed by atoms with Crippen molar-refractivity contribution in [3.63, 3.8) is 0 Å². The first-order valence-corrected chi connectivity index (χ1v) is 8.14. The van der Waals surface area contributed by atoms with E-state index in [9.17, 15) is 0 Å². The molecule has 0 aliphatic carbocycles. The minimum absolute atomic E-state index is 0.675.